The molecule has 0 saturated carbocycles. The number of hydrogen-bond donors (Lipinski definition) is 1. The minimum Gasteiger partial charge on any atom is -0.491 e. The van der Waals surface area contributed by atoms with Crippen LogP contribution in [0, 0.1) is 17.0 Å². The first-order valence-electron chi connectivity index (χ1n) is 8.17. The number of aryl methyl sites for hydroxylation is 2. The van der Waals surface area contributed by atoms with E-state index in [1.165, 1.54) is 12.1 Å². The molecule has 0 aromatic heterocycles. The first kappa shape index (κ1) is 18.4. The van der Waals surface area contributed by atoms with Crippen molar-refractivity contribution in [2.24, 2.45) is 0 Å². The lowest BCUT2D eigenvalue weighted by atomic mass is 10.0. The van der Waals surface area contributed by atoms with Crippen LogP contribution >= 0.6 is 0 Å². The number of nitro groups is 1. The number of amides is 1. The number of ether oxygens (including phenoxy) is 1. The van der Waals surface area contributed by atoms with E-state index in [0.29, 0.717) is 29.0 Å². The zero-order chi connectivity index (χ0) is 18.6. The highest BCUT2D eigenvalue weighted by Gasteiger charge is 2.16. The predicted molar refractivity (Wildman–Crippen MR) is 97.4 cm³/mol. The Hall–Kier alpha value is -2.89. The van der Waals surface area contributed by atoms with E-state index >= 15 is 0 Å². The fourth-order valence-electron chi connectivity index (χ4n) is 2.57. The Morgan fingerprint density at radius 1 is 1.28 bits per heavy atom. The van der Waals surface area contributed by atoms with Crippen molar-refractivity contribution in [1.82, 2.24) is 0 Å². The summed E-state index contributed by atoms with van der Waals surface area (Å²) in [6.45, 7) is 7.48. The van der Waals surface area contributed by atoms with Crippen LogP contribution in [0.3, 0.4) is 0 Å². The molecule has 132 valence electrons. The summed E-state index contributed by atoms with van der Waals surface area (Å²) in [6.07, 6.45) is 0.594. The molecule has 0 aliphatic carbocycles. The van der Waals surface area contributed by atoms with Gasteiger partial charge in [-0.3, -0.25) is 14.9 Å². The molecule has 6 nitrogen and oxygen atoms in total. The van der Waals surface area contributed by atoms with E-state index in [2.05, 4.69) is 5.32 Å². The molecule has 6 heteroatoms. The van der Waals surface area contributed by atoms with E-state index in [0.717, 1.165) is 5.56 Å². The van der Waals surface area contributed by atoms with Crippen LogP contribution in [0.1, 0.15) is 42.3 Å². The molecule has 0 aliphatic heterocycles. The molecule has 0 atom stereocenters. The number of nitrogens with one attached hydrogen (secondary N) is 1. The summed E-state index contributed by atoms with van der Waals surface area (Å²) in [7, 11) is 0. The van der Waals surface area contributed by atoms with Gasteiger partial charge < -0.3 is 10.1 Å². The van der Waals surface area contributed by atoms with E-state index in [-0.39, 0.29) is 17.7 Å². The molecule has 1 amide bonds. The molecule has 0 aliphatic rings. The van der Waals surface area contributed by atoms with Gasteiger partial charge in [0.2, 0.25) is 0 Å². The molecule has 2 rings (SSSR count). The lowest BCUT2D eigenvalue weighted by Crippen LogP contribution is -2.15. The first-order chi connectivity index (χ1) is 11.8. The fourth-order valence-corrected chi connectivity index (χ4v) is 2.57. The number of benzene rings is 2. The van der Waals surface area contributed by atoms with Crippen LogP contribution in [0.25, 0.3) is 0 Å². The van der Waals surface area contributed by atoms with E-state index in [9.17, 15) is 14.9 Å². The van der Waals surface area contributed by atoms with E-state index in [1.54, 1.807) is 31.2 Å². The zero-order valence-electron chi connectivity index (χ0n) is 14.8. The molecule has 0 heterocycles. The third-order valence-electron chi connectivity index (χ3n) is 3.70. The largest absolute Gasteiger partial charge is 0.491 e. The Balaban J connectivity index is 2.30. The quantitative estimate of drug-likeness (QED) is 0.619. The van der Waals surface area contributed by atoms with Crippen LogP contribution in [-0.2, 0) is 6.42 Å². The second-order valence-corrected chi connectivity index (χ2v) is 6.06. The van der Waals surface area contributed by atoms with Gasteiger partial charge in [0, 0.05) is 23.4 Å². The first-order valence-corrected chi connectivity index (χ1v) is 8.17. The Kier molecular flexibility index (Phi) is 5.75. The van der Waals surface area contributed by atoms with Crippen molar-refractivity contribution >= 4 is 17.3 Å². The smallest absolute Gasteiger partial charge is 0.270 e. The number of nitrogens with zero attached hydrogens (tertiary/aromatic N) is 1. The molecule has 0 bridgehead atoms. The summed E-state index contributed by atoms with van der Waals surface area (Å²) in [5.74, 6) is 0.347. The van der Waals surface area contributed by atoms with Gasteiger partial charge in [0.25, 0.3) is 11.6 Å². The van der Waals surface area contributed by atoms with Crippen molar-refractivity contribution < 1.29 is 14.5 Å². The molecule has 2 aromatic rings. The van der Waals surface area contributed by atoms with Crippen molar-refractivity contribution in [3.05, 3.63) is 63.2 Å². The summed E-state index contributed by atoms with van der Waals surface area (Å²) in [5, 5.41) is 13.9. The molecule has 1 N–H and O–H groups in total. The van der Waals surface area contributed by atoms with Gasteiger partial charge in [0.05, 0.1) is 11.0 Å². The average molecular weight is 342 g/mol. The molecular formula is C19H22N2O4. The van der Waals surface area contributed by atoms with Crippen LogP contribution < -0.4 is 10.1 Å². The van der Waals surface area contributed by atoms with Crippen molar-refractivity contribution in [2.45, 2.75) is 40.2 Å². The van der Waals surface area contributed by atoms with Crippen LogP contribution in [0.4, 0.5) is 11.4 Å². The maximum Gasteiger partial charge on any atom is 0.270 e. The molecular weight excluding hydrogens is 320 g/mol. The van der Waals surface area contributed by atoms with E-state index in [1.807, 2.05) is 20.8 Å². The van der Waals surface area contributed by atoms with Crippen molar-refractivity contribution in [3.63, 3.8) is 0 Å². The van der Waals surface area contributed by atoms with E-state index < -0.39 is 4.92 Å². The highest BCUT2D eigenvalue weighted by atomic mass is 16.6. The summed E-state index contributed by atoms with van der Waals surface area (Å²) < 4.78 is 5.61. The molecule has 0 spiro atoms. The van der Waals surface area contributed by atoms with Crippen LogP contribution in [0.15, 0.2) is 36.4 Å². The molecule has 0 saturated heterocycles. The topological polar surface area (TPSA) is 81.5 Å². The van der Waals surface area contributed by atoms with Crippen LogP contribution in [0.5, 0.6) is 5.75 Å². The summed E-state index contributed by atoms with van der Waals surface area (Å²) in [5.41, 5.74) is 2.51. The Labute approximate surface area is 147 Å². The normalized spacial score (nSPS) is 10.6. The van der Waals surface area contributed by atoms with Crippen molar-refractivity contribution in [1.29, 1.82) is 0 Å². The van der Waals surface area contributed by atoms with Gasteiger partial charge in [0.1, 0.15) is 5.75 Å². The number of non-ortho nitro benzene ring substituents is 1. The number of carbonyl (C=O) groups excluding carboxylic acids is 1. The SMILES string of the molecule is CCc1cc([N+](=O)[O-])cc(C)c1NC(=O)c1cccc(OC(C)C)c1. The lowest BCUT2D eigenvalue weighted by Gasteiger charge is -2.14. The second kappa shape index (κ2) is 7.79. The predicted octanol–water partition coefficient (Wildman–Crippen LogP) is 4.51. The monoisotopic (exact) mass is 342 g/mol. The maximum atomic E-state index is 12.6. The number of carbonyl (C=O) groups is 1. The van der Waals surface area contributed by atoms with E-state index in [4.69, 9.17) is 4.74 Å². The van der Waals surface area contributed by atoms with Gasteiger partial charge in [0.15, 0.2) is 0 Å². The number of rotatable bonds is 6. The van der Waals surface area contributed by atoms with Crippen LogP contribution in [0.2, 0.25) is 0 Å². The second-order valence-electron chi connectivity index (χ2n) is 6.06. The molecule has 0 radical (unpaired) electrons. The highest BCUT2D eigenvalue weighted by molar-refractivity contribution is 6.05. The Morgan fingerprint density at radius 2 is 2.00 bits per heavy atom. The standard InChI is InChI=1S/C19H22N2O4/c1-5-14-10-16(21(23)24)9-13(4)18(14)20-19(22)15-7-6-8-17(11-15)25-12(2)3/h6-12H,5H2,1-4H3,(H,20,22). The molecule has 25 heavy (non-hydrogen) atoms. The Bertz CT molecular complexity index is 800. The molecule has 0 unspecified atom stereocenters. The summed E-state index contributed by atoms with van der Waals surface area (Å²) in [6, 6.07) is 9.91. The highest BCUT2D eigenvalue weighted by Crippen LogP contribution is 2.28. The van der Waals surface area contributed by atoms with Gasteiger partial charge in [-0.2, -0.15) is 0 Å². The third-order valence-corrected chi connectivity index (χ3v) is 3.70. The van der Waals surface area contributed by atoms with Gasteiger partial charge in [-0.05, 0) is 56.5 Å². The molecule has 2 aromatic carbocycles. The molecule has 0 fully saturated rings. The summed E-state index contributed by atoms with van der Waals surface area (Å²) in [4.78, 5) is 23.2. The fraction of sp³-hybridized carbons (Fsp3) is 0.316. The number of anilines is 1. The van der Waals surface area contributed by atoms with Gasteiger partial charge in [-0.25, -0.2) is 0 Å². The maximum absolute atomic E-state index is 12.6. The average Bonchev–Trinajstić information content (AvgIpc) is 2.55. The van der Waals surface area contributed by atoms with Gasteiger partial charge in [-0.15, -0.1) is 0 Å². The summed E-state index contributed by atoms with van der Waals surface area (Å²) >= 11 is 0. The van der Waals surface area contributed by atoms with Crippen molar-refractivity contribution in [2.75, 3.05) is 5.32 Å². The zero-order valence-corrected chi connectivity index (χ0v) is 14.8. The van der Waals surface area contributed by atoms with Crippen molar-refractivity contribution in [3.8, 4) is 5.75 Å². The number of hydrogen-bond acceptors (Lipinski definition) is 4. The van der Waals surface area contributed by atoms with Gasteiger partial charge >= 0.3 is 0 Å². The van der Waals surface area contributed by atoms with Gasteiger partial charge in [-0.1, -0.05) is 13.0 Å². The van der Waals surface area contributed by atoms with Crippen LogP contribution in [-0.4, -0.2) is 16.9 Å². The lowest BCUT2D eigenvalue weighted by molar-refractivity contribution is -0.384. The Morgan fingerprint density at radius 3 is 2.60 bits per heavy atom. The number of nitro benzene ring substituents is 1. The minimum absolute atomic E-state index is 0.0157. The minimum atomic E-state index is -0.426. The third kappa shape index (κ3) is 4.56.